The summed E-state index contributed by atoms with van der Waals surface area (Å²) >= 11 is 5.90. The summed E-state index contributed by atoms with van der Waals surface area (Å²) in [5.41, 5.74) is 0.456. The molecule has 0 radical (unpaired) electrons. The van der Waals surface area contributed by atoms with Gasteiger partial charge in [-0.05, 0) is 19.1 Å². The minimum Gasteiger partial charge on any atom is -0.445 e. The van der Waals surface area contributed by atoms with Crippen LogP contribution in [0.3, 0.4) is 0 Å². The summed E-state index contributed by atoms with van der Waals surface area (Å²) in [5.74, 6) is 1.02. The van der Waals surface area contributed by atoms with E-state index < -0.39 is 0 Å². The number of nitrogens with one attached hydrogen (secondary N) is 1. The van der Waals surface area contributed by atoms with E-state index in [0.717, 1.165) is 5.76 Å². The third-order valence-electron chi connectivity index (χ3n) is 2.31. The predicted molar refractivity (Wildman–Crippen MR) is 63.2 cm³/mol. The average Bonchev–Trinajstić information content (AvgIpc) is 2.69. The van der Waals surface area contributed by atoms with Gasteiger partial charge in [-0.2, -0.15) is 0 Å². The Morgan fingerprint density at radius 3 is 2.88 bits per heavy atom. The minimum absolute atomic E-state index is 0.311. The molecule has 90 valence electrons. The molecule has 0 bridgehead atoms. The molecule has 0 saturated carbocycles. The van der Waals surface area contributed by atoms with E-state index in [1.807, 2.05) is 6.92 Å². The van der Waals surface area contributed by atoms with Gasteiger partial charge in [-0.3, -0.25) is 0 Å². The van der Waals surface area contributed by atoms with Crippen molar-refractivity contribution in [2.45, 2.75) is 20.0 Å². The van der Waals surface area contributed by atoms with Crippen molar-refractivity contribution >= 4 is 11.6 Å². The fourth-order valence-electron chi connectivity index (χ4n) is 1.48. The molecule has 0 unspecified atom stereocenters. The third kappa shape index (κ3) is 3.05. The van der Waals surface area contributed by atoms with Gasteiger partial charge in [-0.15, -0.1) is 0 Å². The van der Waals surface area contributed by atoms with Crippen LogP contribution in [-0.2, 0) is 13.1 Å². The van der Waals surface area contributed by atoms with Crippen molar-refractivity contribution in [2.75, 3.05) is 0 Å². The summed E-state index contributed by atoms with van der Waals surface area (Å²) in [6, 6.07) is 4.63. The molecule has 0 amide bonds. The SMILES string of the molecule is Cc1cnc(CNCc2c(F)cccc2Cl)o1. The molecule has 17 heavy (non-hydrogen) atoms. The molecule has 3 nitrogen and oxygen atoms in total. The van der Waals surface area contributed by atoms with E-state index in [4.69, 9.17) is 16.0 Å². The van der Waals surface area contributed by atoms with Crippen LogP contribution in [0.5, 0.6) is 0 Å². The topological polar surface area (TPSA) is 38.1 Å². The van der Waals surface area contributed by atoms with Gasteiger partial charge in [0.05, 0.1) is 12.7 Å². The van der Waals surface area contributed by atoms with E-state index in [-0.39, 0.29) is 5.82 Å². The minimum atomic E-state index is -0.311. The van der Waals surface area contributed by atoms with Gasteiger partial charge in [-0.1, -0.05) is 17.7 Å². The first-order valence-electron chi connectivity index (χ1n) is 5.21. The number of benzene rings is 1. The number of rotatable bonds is 4. The quantitative estimate of drug-likeness (QED) is 0.911. The molecular weight excluding hydrogens is 243 g/mol. The van der Waals surface area contributed by atoms with E-state index >= 15 is 0 Å². The molecule has 1 aromatic carbocycles. The first-order valence-corrected chi connectivity index (χ1v) is 5.59. The predicted octanol–water partition coefficient (Wildman–Crippen LogP) is 3.07. The Bertz CT molecular complexity index is 493. The van der Waals surface area contributed by atoms with Crippen LogP contribution in [0, 0.1) is 12.7 Å². The molecule has 2 rings (SSSR count). The van der Waals surface area contributed by atoms with Gasteiger partial charge in [0, 0.05) is 17.1 Å². The Balaban J connectivity index is 1.94. The van der Waals surface area contributed by atoms with Crippen LogP contribution >= 0.6 is 11.6 Å². The summed E-state index contributed by atoms with van der Waals surface area (Å²) in [6.45, 7) is 2.61. The Labute approximate surface area is 104 Å². The largest absolute Gasteiger partial charge is 0.445 e. The lowest BCUT2D eigenvalue weighted by Gasteiger charge is -2.06. The fourth-order valence-corrected chi connectivity index (χ4v) is 1.71. The molecule has 0 spiro atoms. The van der Waals surface area contributed by atoms with E-state index in [2.05, 4.69) is 10.3 Å². The second-order valence-electron chi connectivity index (χ2n) is 3.67. The van der Waals surface area contributed by atoms with Gasteiger partial charge in [0.15, 0.2) is 0 Å². The number of halogens is 2. The molecule has 1 heterocycles. The molecule has 0 aliphatic heterocycles. The Hall–Kier alpha value is -1.39. The van der Waals surface area contributed by atoms with E-state index in [1.165, 1.54) is 6.07 Å². The molecule has 0 atom stereocenters. The van der Waals surface area contributed by atoms with Crippen LogP contribution < -0.4 is 5.32 Å². The Morgan fingerprint density at radius 2 is 2.24 bits per heavy atom. The highest BCUT2D eigenvalue weighted by atomic mass is 35.5. The zero-order valence-electron chi connectivity index (χ0n) is 9.34. The maximum Gasteiger partial charge on any atom is 0.208 e. The van der Waals surface area contributed by atoms with Gasteiger partial charge < -0.3 is 9.73 Å². The van der Waals surface area contributed by atoms with Crippen molar-refractivity contribution in [2.24, 2.45) is 0 Å². The summed E-state index contributed by atoms with van der Waals surface area (Å²) in [6.07, 6.45) is 1.65. The molecule has 0 aliphatic carbocycles. The van der Waals surface area contributed by atoms with Crippen LogP contribution in [0.25, 0.3) is 0 Å². The van der Waals surface area contributed by atoms with E-state index in [9.17, 15) is 4.39 Å². The van der Waals surface area contributed by atoms with Crippen molar-refractivity contribution < 1.29 is 8.81 Å². The molecular formula is C12H12ClFN2O. The van der Waals surface area contributed by atoms with E-state index in [1.54, 1.807) is 18.3 Å². The van der Waals surface area contributed by atoms with Gasteiger partial charge >= 0.3 is 0 Å². The van der Waals surface area contributed by atoms with Crippen LogP contribution in [0.1, 0.15) is 17.2 Å². The summed E-state index contributed by atoms with van der Waals surface area (Å²) < 4.78 is 18.7. The lowest BCUT2D eigenvalue weighted by molar-refractivity contribution is 0.447. The zero-order valence-corrected chi connectivity index (χ0v) is 10.1. The second kappa shape index (κ2) is 5.29. The van der Waals surface area contributed by atoms with Crippen LogP contribution in [-0.4, -0.2) is 4.98 Å². The average molecular weight is 255 g/mol. The van der Waals surface area contributed by atoms with E-state index in [0.29, 0.717) is 29.6 Å². The molecule has 0 aliphatic rings. The lowest BCUT2D eigenvalue weighted by Crippen LogP contribution is -2.14. The number of hydrogen-bond donors (Lipinski definition) is 1. The number of oxazole rings is 1. The third-order valence-corrected chi connectivity index (χ3v) is 2.66. The maximum atomic E-state index is 13.4. The van der Waals surface area contributed by atoms with Crippen LogP contribution in [0.4, 0.5) is 4.39 Å². The first kappa shape index (κ1) is 12.1. The van der Waals surface area contributed by atoms with Gasteiger partial charge in [0.25, 0.3) is 0 Å². The van der Waals surface area contributed by atoms with Crippen LogP contribution in [0.15, 0.2) is 28.8 Å². The highest BCUT2D eigenvalue weighted by Crippen LogP contribution is 2.18. The molecule has 1 aromatic heterocycles. The summed E-state index contributed by atoms with van der Waals surface area (Å²) in [7, 11) is 0. The normalized spacial score (nSPS) is 10.8. The fraction of sp³-hybridized carbons (Fsp3) is 0.250. The number of aromatic nitrogens is 1. The van der Waals surface area contributed by atoms with Gasteiger partial charge in [0.2, 0.25) is 5.89 Å². The van der Waals surface area contributed by atoms with Gasteiger partial charge in [-0.25, -0.2) is 9.37 Å². The zero-order chi connectivity index (χ0) is 12.3. The summed E-state index contributed by atoms with van der Waals surface area (Å²) in [5, 5.41) is 3.45. The van der Waals surface area contributed by atoms with Crippen molar-refractivity contribution in [3.05, 3.63) is 52.5 Å². The number of hydrogen-bond acceptors (Lipinski definition) is 3. The highest BCUT2D eigenvalue weighted by Gasteiger charge is 2.07. The monoisotopic (exact) mass is 254 g/mol. The molecule has 2 aromatic rings. The van der Waals surface area contributed by atoms with Crippen molar-refractivity contribution in [1.82, 2.24) is 10.3 Å². The van der Waals surface area contributed by atoms with Crippen LogP contribution in [0.2, 0.25) is 5.02 Å². The summed E-state index contributed by atoms with van der Waals surface area (Å²) in [4.78, 5) is 4.04. The lowest BCUT2D eigenvalue weighted by atomic mass is 10.2. The number of aryl methyl sites for hydroxylation is 1. The second-order valence-corrected chi connectivity index (χ2v) is 4.08. The molecule has 5 heteroatoms. The van der Waals surface area contributed by atoms with Gasteiger partial charge in [0.1, 0.15) is 11.6 Å². The molecule has 1 N–H and O–H groups in total. The Morgan fingerprint density at radius 1 is 1.41 bits per heavy atom. The van der Waals surface area contributed by atoms with Crippen molar-refractivity contribution in [1.29, 1.82) is 0 Å². The van der Waals surface area contributed by atoms with Crippen molar-refractivity contribution in [3.8, 4) is 0 Å². The van der Waals surface area contributed by atoms with Crippen molar-refractivity contribution in [3.63, 3.8) is 0 Å². The Kier molecular flexibility index (Phi) is 3.76. The maximum absolute atomic E-state index is 13.4. The standard InChI is InChI=1S/C12H12ClFN2O/c1-8-5-16-12(17-8)7-15-6-9-10(13)3-2-4-11(9)14/h2-5,15H,6-7H2,1H3. The smallest absolute Gasteiger partial charge is 0.208 e. The number of nitrogens with zero attached hydrogens (tertiary/aromatic N) is 1. The molecule has 0 fully saturated rings. The first-order chi connectivity index (χ1) is 8.16. The molecule has 0 saturated heterocycles. The highest BCUT2D eigenvalue weighted by molar-refractivity contribution is 6.31.